The molecule has 4 heteroatoms. The molecule has 2 N–H and O–H groups in total. The van der Waals surface area contributed by atoms with Crippen molar-refractivity contribution < 1.29 is 4.39 Å². The molecule has 0 saturated carbocycles. The van der Waals surface area contributed by atoms with Gasteiger partial charge >= 0.3 is 0 Å². The highest BCUT2D eigenvalue weighted by atomic mass is 19.1. The smallest absolute Gasteiger partial charge is 0.128 e. The lowest BCUT2D eigenvalue weighted by molar-refractivity contribution is 0.138. The van der Waals surface area contributed by atoms with Gasteiger partial charge in [-0.2, -0.15) is 0 Å². The van der Waals surface area contributed by atoms with E-state index >= 15 is 0 Å². The zero-order valence-corrected chi connectivity index (χ0v) is 13.7. The maximum absolute atomic E-state index is 14.3. The summed E-state index contributed by atoms with van der Waals surface area (Å²) in [5.41, 5.74) is 7.93. The maximum atomic E-state index is 14.3. The molecule has 0 aromatic heterocycles. The van der Waals surface area contributed by atoms with Gasteiger partial charge in [-0.15, -0.1) is 0 Å². The van der Waals surface area contributed by atoms with Gasteiger partial charge in [0.15, 0.2) is 0 Å². The average molecular weight is 293 g/mol. The fourth-order valence-corrected chi connectivity index (χ4v) is 2.90. The molecule has 118 valence electrons. The summed E-state index contributed by atoms with van der Waals surface area (Å²) >= 11 is 0. The number of nitrogens with two attached hydrogens (primary N) is 1. The molecule has 0 bridgehead atoms. The van der Waals surface area contributed by atoms with Crippen LogP contribution in [-0.2, 0) is 6.42 Å². The first-order chi connectivity index (χ1) is 9.85. The molecule has 0 radical (unpaired) electrons. The molecule has 1 aliphatic rings. The maximum Gasteiger partial charge on any atom is 0.128 e. The van der Waals surface area contributed by atoms with Gasteiger partial charge in [-0.05, 0) is 45.9 Å². The first-order valence-electron chi connectivity index (χ1n) is 7.84. The van der Waals surface area contributed by atoms with Crippen LogP contribution < -0.4 is 10.6 Å². The second-order valence-electron chi connectivity index (χ2n) is 6.77. The van der Waals surface area contributed by atoms with Crippen LogP contribution >= 0.6 is 0 Å². The van der Waals surface area contributed by atoms with Crippen LogP contribution in [0.5, 0.6) is 0 Å². The van der Waals surface area contributed by atoms with E-state index in [4.69, 9.17) is 5.73 Å². The van der Waals surface area contributed by atoms with Gasteiger partial charge < -0.3 is 10.6 Å². The van der Waals surface area contributed by atoms with Crippen LogP contribution in [0.2, 0.25) is 0 Å². The number of piperazine rings is 1. The van der Waals surface area contributed by atoms with E-state index in [1.807, 2.05) is 13.0 Å². The molecule has 1 atom stereocenters. The lowest BCUT2D eigenvalue weighted by Crippen LogP contribution is -2.58. The molecule has 2 rings (SSSR count). The predicted octanol–water partition coefficient (Wildman–Crippen LogP) is 2.64. The van der Waals surface area contributed by atoms with Crippen molar-refractivity contribution in [3.05, 3.63) is 29.6 Å². The number of benzene rings is 1. The highest BCUT2D eigenvalue weighted by Gasteiger charge is 2.32. The highest BCUT2D eigenvalue weighted by molar-refractivity contribution is 5.55. The van der Waals surface area contributed by atoms with Crippen LogP contribution in [0.15, 0.2) is 18.2 Å². The molecule has 1 saturated heterocycles. The van der Waals surface area contributed by atoms with Crippen molar-refractivity contribution in [2.45, 2.75) is 45.2 Å². The molecule has 1 heterocycles. The Morgan fingerprint density at radius 1 is 1.33 bits per heavy atom. The molecule has 21 heavy (non-hydrogen) atoms. The van der Waals surface area contributed by atoms with E-state index in [2.05, 4.69) is 30.7 Å². The van der Waals surface area contributed by atoms with Gasteiger partial charge in [-0.3, -0.25) is 4.90 Å². The van der Waals surface area contributed by atoms with E-state index in [0.29, 0.717) is 6.42 Å². The summed E-state index contributed by atoms with van der Waals surface area (Å²) in [6.07, 6.45) is 1.47. The number of hydrogen-bond donors (Lipinski definition) is 1. The molecule has 0 spiro atoms. The van der Waals surface area contributed by atoms with Crippen LogP contribution in [0.4, 0.5) is 10.1 Å². The third-order valence-corrected chi connectivity index (χ3v) is 4.74. The normalized spacial score (nSPS) is 20.6. The second-order valence-corrected chi connectivity index (χ2v) is 6.77. The Kier molecular flexibility index (Phi) is 4.89. The number of hydrogen-bond acceptors (Lipinski definition) is 3. The van der Waals surface area contributed by atoms with Crippen molar-refractivity contribution in [2.24, 2.45) is 5.73 Å². The topological polar surface area (TPSA) is 32.5 Å². The molecule has 0 amide bonds. The van der Waals surface area contributed by atoms with Crippen molar-refractivity contribution >= 4 is 5.69 Å². The molecule has 1 unspecified atom stereocenters. The quantitative estimate of drug-likeness (QED) is 0.926. The molecule has 1 aromatic carbocycles. The second kappa shape index (κ2) is 6.32. The van der Waals surface area contributed by atoms with E-state index in [-0.39, 0.29) is 17.4 Å². The van der Waals surface area contributed by atoms with Gasteiger partial charge in [0.2, 0.25) is 0 Å². The van der Waals surface area contributed by atoms with Gasteiger partial charge in [-0.25, -0.2) is 4.39 Å². The van der Waals surface area contributed by atoms with E-state index in [0.717, 1.165) is 37.3 Å². The van der Waals surface area contributed by atoms with Gasteiger partial charge in [0, 0.05) is 42.5 Å². The molecule has 3 nitrogen and oxygen atoms in total. The molecule has 1 fully saturated rings. The van der Waals surface area contributed by atoms with E-state index < -0.39 is 0 Å². The SMILES string of the molecule is CCC(N)Cc1c(F)cccc1N1CCN(C)C(C)(C)C1. The summed E-state index contributed by atoms with van der Waals surface area (Å²) in [7, 11) is 2.15. The molecule has 1 aliphatic heterocycles. The molecular formula is C17H28FN3. The van der Waals surface area contributed by atoms with Crippen LogP contribution in [0.3, 0.4) is 0 Å². The monoisotopic (exact) mass is 293 g/mol. The van der Waals surface area contributed by atoms with Crippen LogP contribution in [-0.4, -0.2) is 43.2 Å². The Morgan fingerprint density at radius 2 is 2.05 bits per heavy atom. The minimum Gasteiger partial charge on any atom is -0.368 e. The first kappa shape index (κ1) is 16.2. The fraction of sp³-hybridized carbons (Fsp3) is 0.647. The van der Waals surface area contributed by atoms with Gasteiger partial charge in [0.1, 0.15) is 5.82 Å². The number of halogens is 1. The molecule has 0 aliphatic carbocycles. The van der Waals surface area contributed by atoms with Crippen molar-refractivity contribution in [1.82, 2.24) is 4.90 Å². The summed E-state index contributed by atoms with van der Waals surface area (Å²) in [5.74, 6) is -0.131. The molecule has 1 aromatic rings. The lowest BCUT2D eigenvalue weighted by atomic mass is 9.96. The number of likely N-dealkylation sites (N-methyl/N-ethyl adjacent to an activating group) is 1. The summed E-state index contributed by atoms with van der Waals surface area (Å²) in [4.78, 5) is 4.67. The van der Waals surface area contributed by atoms with E-state index in [9.17, 15) is 4.39 Å². The van der Waals surface area contributed by atoms with Crippen LogP contribution in [0, 0.1) is 5.82 Å². The lowest BCUT2D eigenvalue weighted by Gasteiger charge is -2.46. The number of rotatable bonds is 4. The Labute approximate surface area is 127 Å². The predicted molar refractivity (Wildman–Crippen MR) is 87.3 cm³/mol. The summed E-state index contributed by atoms with van der Waals surface area (Å²) < 4.78 is 14.3. The largest absolute Gasteiger partial charge is 0.368 e. The number of anilines is 1. The first-order valence-corrected chi connectivity index (χ1v) is 7.84. The standard InChI is InChI=1S/C17H28FN3/c1-5-13(19)11-14-15(18)7-6-8-16(14)21-10-9-20(4)17(2,3)12-21/h6-8,13H,5,9-12,19H2,1-4H3. The van der Waals surface area contributed by atoms with Crippen LogP contribution in [0.1, 0.15) is 32.8 Å². The summed E-state index contributed by atoms with van der Waals surface area (Å²) in [6, 6.07) is 5.39. The average Bonchev–Trinajstić information content (AvgIpc) is 2.44. The minimum absolute atomic E-state index is 0.0149. The summed E-state index contributed by atoms with van der Waals surface area (Å²) in [6.45, 7) is 9.33. The van der Waals surface area contributed by atoms with E-state index in [1.165, 1.54) is 0 Å². The van der Waals surface area contributed by atoms with Crippen molar-refractivity contribution in [3.8, 4) is 0 Å². The van der Waals surface area contributed by atoms with E-state index in [1.54, 1.807) is 12.1 Å². The van der Waals surface area contributed by atoms with Gasteiger partial charge in [0.25, 0.3) is 0 Å². The Morgan fingerprint density at radius 3 is 2.67 bits per heavy atom. The zero-order valence-electron chi connectivity index (χ0n) is 13.7. The zero-order chi connectivity index (χ0) is 15.6. The third kappa shape index (κ3) is 3.55. The van der Waals surface area contributed by atoms with Crippen molar-refractivity contribution in [1.29, 1.82) is 0 Å². The Hall–Kier alpha value is -1.13. The third-order valence-electron chi connectivity index (χ3n) is 4.74. The van der Waals surface area contributed by atoms with Crippen LogP contribution in [0.25, 0.3) is 0 Å². The Balaban J connectivity index is 2.29. The highest BCUT2D eigenvalue weighted by Crippen LogP contribution is 2.29. The molecular weight excluding hydrogens is 265 g/mol. The number of nitrogens with zero attached hydrogens (tertiary/aromatic N) is 2. The fourth-order valence-electron chi connectivity index (χ4n) is 2.90. The van der Waals surface area contributed by atoms with Crippen molar-refractivity contribution in [2.75, 3.05) is 31.6 Å². The van der Waals surface area contributed by atoms with Gasteiger partial charge in [-0.1, -0.05) is 13.0 Å². The Bertz CT molecular complexity index is 487. The minimum atomic E-state index is -0.131. The van der Waals surface area contributed by atoms with Gasteiger partial charge in [0.05, 0.1) is 0 Å². The van der Waals surface area contributed by atoms with Crippen molar-refractivity contribution in [3.63, 3.8) is 0 Å². The summed E-state index contributed by atoms with van der Waals surface area (Å²) in [5, 5.41) is 0.